The van der Waals surface area contributed by atoms with E-state index < -0.39 is 5.60 Å². The molecule has 0 fully saturated rings. The molecular formula is C16H26N2O2. The number of likely N-dealkylation sites (N-methyl/N-ethyl adjacent to an activating group) is 1. The molecule has 4 nitrogen and oxygen atoms in total. The largest absolute Gasteiger partial charge is 0.389 e. The molecule has 0 aliphatic rings. The van der Waals surface area contributed by atoms with Gasteiger partial charge in [0.1, 0.15) is 0 Å². The maximum absolute atomic E-state index is 12.4. The van der Waals surface area contributed by atoms with Crippen molar-refractivity contribution in [3.8, 4) is 0 Å². The van der Waals surface area contributed by atoms with Gasteiger partial charge in [-0.3, -0.25) is 4.79 Å². The molecule has 0 spiro atoms. The van der Waals surface area contributed by atoms with Crippen molar-refractivity contribution >= 4 is 11.6 Å². The predicted octanol–water partition coefficient (Wildman–Crippen LogP) is 2.38. The van der Waals surface area contributed by atoms with Gasteiger partial charge < -0.3 is 14.9 Å². The number of rotatable bonds is 6. The van der Waals surface area contributed by atoms with Crippen molar-refractivity contribution in [2.45, 2.75) is 33.3 Å². The number of aliphatic hydroxyl groups is 1. The molecule has 0 saturated heterocycles. The van der Waals surface area contributed by atoms with Gasteiger partial charge in [0.15, 0.2) is 0 Å². The molecule has 4 heteroatoms. The van der Waals surface area contributed by atoms with Crippen LogP contribution in [0.2, 0.25) is 0 Å². The zero-order chi connectivity index (χ0) is 15.3. The highest BCUT2D eigenvalue weighted by Crippen LogP contribution is 2.16. The molecule has 1 aromatic rings. The molecule has 0 unspecified atom stereocenters. The number of amides is 1. The lowest BCUT2D eigenvalue weighted by molar-refractivity contribution is 0.0314. The molecular weight excluding hydrogens is 252 g/mol. The molecule has 112 valence electrons. The van der Waals surface area contributed by atoms with Crippen LogP contribution in [0.1, 0.15) is 38.1 Å². The highest BCUT2D eigenvalue weighted by Gasteiger charge is 2.22. The summed E-state index contributed by atoms with van der Waals surface area (Å²) >= 11 is 0. The molecule has 0 saturated carbocycles. The smallest absolute Gasteiger partial charge is 0.253 e. The van der Waals surface area contributed by atoms with Crippen LogP contribution >= 0.6 is 0 Å². The summed E-state index contributed by atoms with van der Waals surface area (Å²) in [5.74, 6) is -0.0414. The first-order valence-corrected chi connectivity index (χ1v) is 7.11. The van der Waals surface area contributed by atoms with Crippen molar-refractivity contribution in [3.63, 3.8) is 0 Å². The van der Waals surface area contributed by atoms with Crippen LogP contribution in [0.4, 0.5) is 5.69 Å². The summed E-state index contributed by atoms with van der Waals surface area (Å²) in [5, 5.41) is 9.86. The average Bonchev–Trinajstić information content (AvgIpc) is 2.42. The first-order valence-electron chi connectivity index (χ1n) is 7.11. The first kappa shape index (κ1) is 16.5. The summed E-state index contributed by atoms with van der Waals surface area (Å²) < 4.78 is 0. The molecule has 1 rings (SSSR count). The van der Waals surface area contributed by atoms with Crippen molar-refractivity contribution < 1.29 is 9.90 Å². The minimum atomic E-state index is -0.881. The number of carbonyl (C=O) groups excluding carboxylic acids is 1. The van der Waals surface area contributed by atoms with E-state index in [4.69, 9.17) is 0 Å². The Morgan fingerprint density at radius 1 is 1.15 bits per heavy atom. The van der Waals surface area contributed by atoms with Crippen molar-refractivity contribution in [1.29, 1.82) is 0 Å². The molecule has 0 aliphatic carbocycles. The third-order valence-corrected chi connectivity index (χ3v) is 3.28. The maximum Gasteiger partial charge on any atom is 0.253 e. The Morgan fingerprint density at radius 3 is 2.10 bits per heavy atom. The van der Waals surface area contributed by atoms with E-state index in [1.807, 2.05) is 38.2 Å². The summed E-state index contributed by atoms with van der Waals surface area (Å²) in [6.45, 7) is 9.26. The molecule has 1 aromatic carbocycles. The van der Waals surface area contributed by atoms with E-state index in [9.17, 15) is 9.90 Å². The minimum absolute atomic E-state index is 0.0414. The van der Waals surface area contributed by atoms with Crippen LogP contribution in [0.15, 0.2) is 24.3 Å². The Morgan fingerprint density at radius 2 is 1.70 bits per heavy atom. The quantitative estimate of drug-likeness (QED) is 0.869. The number of nitrogens with zero attached hydrogens (tertiary/aromatic N) is 2. The van der Waals surface area contributed by atoms with Gasteiger partial charge in [-0.05, 0) is 52.0 Å². The van der Waals surface area contributed by atoms with Crippen molar-refractivity contribution in [2.24, 2.45) is 0 Å². The third-order valence-electron chi connectivity index (χ3n) is 3.28. The van der Waals surface area contributed by atoms with Crippen LogP contribution in [0.3, 0.4) is 0 Å². The van der Waals surface area contributed by atoms with Crippen LogP contribution in [-0.4, -0.2) is 48.2 Å². The van der Waals surface area contributed by atoms with E-state index in [0.29, 0.717) is 18.7 Å². The maximum atomic E-state index is 12.4. The van der Waals surface area contributed by atoms with Crippen LogP contribution < -0.4 is 4.90 Å². The molecule has 0 heterocycles. The van der Waals surface area contributed by atoms with E-state index in [1.165, 1.54) is 0 Å². The van der Waals surface area contributed by atoms with Crippen LogP contribution in [0.25, 0.3) is 0 Å². The number of hydrogen-bond acceptors (Lipinski definition) is 3. The van der Waals surface area contributed by atoms with Gasteiger partial charge in [-0.15, -0.1) is 0 Å². The van der Waals surface area contributed by atoms with Crippen LogP contribution in [0, 0.1) is 0 Å². The SMILES string of the molecule is CCN(CC(C)(C)O)C(=O)c1ccc(N(C)CC)cc1. The van der Waals surface area contributed by atoms with Gasteiger partial charge in [0, 0.05) is 37.9 Å². The Hall–Kier alpha value is -1.55. The Balaban J connectivity index is 2.85. The first-order chi connectivity index (χ1) is 9.28. The average molecular weight is 278 g/mol. The molecule has 1 amide bonds. The van der Waals surface area contributed by atoms with E-state index >= 15 is 0 Å². The topological polar surface area (TPSA) is 43.8 Å². The Bertz CT molecular complexity index is 435. The summed E-state index contributed by atoms with van der Waals surface area (Å²) in [5.41, 5.74) is 0.868. The van der Waals surface area contributed by atoms with Gasteiger partial charge in [-0.25, -0.2) is 0 Å². The van der Waals surface area contributed by atoms with E-state index in [1.54, 1.807) is 18.7 Å². The molecule has 20 heavy (non-hydrogen) atoms. The van der Waals surface area contributed by atoms with E-state index in [0.717, 1.165) is 12.2 Å². The van der Waals surface area contributed by atoms with Crippen molar-refractivity contribution in [3.05, 3.63) is 29.8 Å². The number of hydrogen-bond donors (Lipinski definition) is 1. The lowest BCUT2D eigenvalue weighted by Gasteiger charge is -2.28. The lowest BCUT2D eigenvalue weighted by Crippen LogP contribution is -2.42. The second kappa shape index (κ2) is 6.75. The van der Waals surface area contributed by atoms with Crippen LogP contribution in [-0.2, 0) is 0 Å². The number of carbonyl (C=O) groups is 1. The second-order valence-corrected chi connectivity index (χ2v) is 5.69. The Kier molecular flexibility index (Phi) is 5.57. The van der Waals surface area contributed by atoms with Gasteiger partial charge in [-0.2, -0.15) is 0 Å². The standard InChI is InChI=1S/C16H26N2O2/c1-6-17(5)14-10-8-13(9-11-14)15(19)18(7-2)12-16(3,4)20/h8-11,20H,6-7,12H2,1-5H3. The number of anilines is 1. The predicted molar refractivity (Wildman–Crippen MR) is 83.3 cm³/mol. The normalized spacial score (nSPS) is 11.3. The molecule has 1 N–H and O–H groups in total. The van der Waals surface area contributed by atoms with E-state index in [-0.39, 0.29) is 5.91 Å². The monoisotopic (exact) mass is 278 g/mol. The highest BCUT2D eigenvalue weighted by atomic mass is 16.3. The summed E-state index contributed by atoms with van der Waals surface area (Å²) in [6.07, 6.45) is 0. The van der Waals surface area contributed by atoms with Gasteiger partial charge in [-0.1, -0.05) is 0 Å². The van der Waals surface area contributed by atoms with Gasteiger partial charge >= 0.3 is 0 Å². The van der Waals surface area contributed by atoms with Gasteiger partial charge in [0.2, 0.25) is 0 Å². The molecule has 0 radical (unpaired) electrons. The fourth-order valence-corrected chi connectivity index (χ4v) is 2.02. The molecule has 0 atom stereocenters. The zero-order valence-corrected chi connectivity index (χ0v) is 13.2. The van der Waals surface area contributed by atoms with E-state index in [2.05, 4.69) is 11.8 Å². The Labute approximate surface area is 122 Å². The summed E-state index contributed by atoms with van der Waals surface area (Å²) in [4.78, 5) is 16.2. The second-order valence-electron chi connectivity index (χ2n) is 5.69. The molecule has 0 aromatic heterocycles. The van der Waals surface area contributed by atoms with Crippen LogP contribution in [0.5, 0.6) is 0 Å². The number of benzene rings is 1. The summed E-state index contributed by atoms with van der Waals surface area (Å²) in [7, 11) is 2.02. The highest BCUT2D eigenvalue weighted by molar-refractivity contribution is 5.94. The van der Waals surface area contributed by atoms with Crippen molar-refractivity contribution in [2.75, 3.05) is 31.6 Å². The lowest BCUT2D eigenvalue weighted by atomic mass is 10.1. The van der Waals surface area contributed by atoms with Crippen molar-refractivity contribution in [1.82, 2.24) is 4.90 Å². The fourth-order valence-electron chi connectivity index (χ4n) is 2.02. The fraction of sp³-hybridized carbons (Fsp3) is 0.562. The van der Waals surface area contributed by atoms with Gasteiger partial charge in [0.05, 0.1) is 5.60 Å². The van der Waals surface area contributed by atoms with Gasteiger partial charge in [0.25, 0.3) is 5.91 Å². The third kappa shape index (κ3) is 4.53. The zero-order valence-electron chi connectivity index (χ0n) is 13.2. The molecule has 0 aliphatic heterocycles. The molecule has 0 bridgehead atoms. The minimum Gasteiger partial charge on any atom is -0.389 e. The summed E-state index contributed by atoms with van der Waals surface area (Å²) in [6, 6.07) is 7.59.